The van der Waals surface area contributed by atoms with Gasteiger partial charge in [0.25, 0.3) is 0 Å². The maximum absolute atomic E-state index is 10.9. The summed E-state index contributed by atoms with van der Waals surface area (Å²) in [6.45, 7) is 4.47. The number of piperidine rings is 1. The Kier molecular flexibility index (Phi) is 10.0. The molecular formula is C21H27ClF3NO6. The van der Waals surface area contributed by atoms with Crippen LogP contribution in [0.1, 0.15) is 42.5 Å². The molecule has 7 nitrogen and oxygen atoms in total. The molecule has 3 rings (SSSR count). The number of alkyl halides is 3. The highest BCUT2D eigenvalue weighted by Crippen LogP contribution is 2.28. The molecule has 1 aromatic rings. The van der Waals surface area contributed by atoms with E-state index in [1.807, 2.05) is 0 Å². The van der Waals surface area contributed by atoms with Crippen LogP contribution in [0.15, 0.2) is 18.2 Å². The van der Waals surface area contributed by atoms with E-state index in [1.165, 1.54) is 44.2 Å². The Bertz CT molecular complexity index is 770. The zero-order valence-electron chi connectivity index (χ0n) is 17.4. The zero-order chi connectivity index (χ0) is 23.7. The van der Waals surface area contributed by atoms with Gasteiger partial charge in [0, 0.05) is 19.7 Å². The van der Waals surface area contributed by atoms with Gasteiger partial charge in [-0.2, -0.15) is 13.2 Å². The highest BCUT2D eigenvalue weighted by molar-refractivity contribution is 6.32. The second-order valence-electron chi connectivity index (χ2n) is 7.71. The first-order valence-corrected chi connectivity index (χ1v) is 10.8. The third-order valence-corrected chi connectivity index (χ3v) is 5.66. The number of halogens is 4. The standard InChI is InChI=1S/C19H26ClNO4.C2HF3O2/c20-16-12-14(19(22)23)6-7-18(16)25-11-9-21-8-3-4-15(13-21)17-5-1-2-10-24-17;3-2(4,5)1(6)7/h6-7,12,15,17H,1-5,8-11,13H2,(H,22,23);(H,6,7). The molecule has 0 saturated carbocycles. The van der Waals surface area contributed by atoms with Crippen molar-refractivity contribution in [3.8, 4) is 5.75 Å². The van der Waals surface area contributed by atoms with Crippen molar-refractivity contribution in [3.05, 3.63) is 28.8 Å². The van der Waals surface area contributed by atoms with E-state index in [-0.39, 0.29) is 5.56 Å². The molecule has 2 aliphatic heterocycles. The SMILES string of the molecule is O=C(O)C(F)(F)F.O=C(O)c1ccc(OCCN2CCCC(C3CCCCO3)C2)c(Cl)c1. The van der Waals surface area contributed by atoms with Gasteiger partial charge >= 0.3 is 18.1 Å². The summed E-state index contributed by atoms with van der Waals surface area (Å²) in [5.74, 6) is -2.58. The molecule has 2 N–H and O–H groups in total. The van der Waals surface area contributed by atoms with Gasteiger partial charge in [-0.25, -0.2) is 9.59 Å². The molecule has 0 bridgehead atoms. The minimum atomic E-state index is -5.08. The Balaban J connectivity index is 0.000000451. The summed E-state index contributed by atoms with van der Waals surface area (Å²) >= 11 is 6.10. The second-order valence-corrected chi connectivity index (χ2v) is 8.12. The first kappa shape index (κ1) is 26.2. The van der Waals surface area contributed by atoms with E-state index in [4.69, 9.17) is 36.1 Å². The monoisotopic (exact) mass is 481 g/mol. The molecule has 0 radical (unpaired) electrons. The predicted octanol–water partition coefficient (Wildman–Crippen LogP) is 4.33. The van der Waals surface area contributed by atoms with Gasteiger partial charge in [0.05, 0.1) is 16.7 Å². The highest BCUT2D eigenvalue weighted by atomic mass is 35.5. The number of aliphatic carboxylic acids is 1. The van der Waals surface area contributed by atoms with Crippen LogP contribution < -0.4 is 4.74 Å². The molecule has 0 spiro atoms. The summed E-state index contributed by atoms with van der Waals surface area (Å²) in [6, 6.07) is 4.57. The Labute approximate surface area is 189 Å². The first-order valence-electron chi connectivity index (χ1n) is 10.4. The Morgan fingerprint density at radius 3 is 2.47 bits per heavy atom. The Hall–Kier alpha value is -2.04. The van der Waals surface area contributed by atoms with Crippen molar-refractivity contribution in [2.75, 3.05) is 32.8 Å². The second kappa shape index (κ2) is 12.3. The number of carbonyl (C=O) groups is 2. The van der Waals surface area contributed by atoms with E-state index in [1.54, 1.807) is 6.07 Å². The smallest absolute Gasteiger partial charge is 0.490 e. The van der Waals surface area contributed by atoms with Crippen LogP contribution in [-0.4, -0.2) is 72.2 Å². The molecule has 0 aliphatic carbocycles. The van der Waals surface area contributed by atoms with E-state index in [2.05, 4.69) is 4.90 Å². The van der Waals surface area contributed by atoms with Crippen LogP contribution in [0.25, 0.3) is 0 Å². The van der Waals surface area contributed by atoms with Gasteiger partial charge in [-0.3, -0.25) is 4.90 Å². The van der Waals surface area contributed by atoms with Crippen LogP contribution in [0, 0.1) is 5.92 Å². The van der Waals surface area contributed by atoms with Crippen molar-refractivity contribution in [1.29, 1.82) is 0 Å². The molecule has 0 amide bonds. The minimum absolute atomic E-state index is 0.170. The van der Waals surface area contributed by atoms with E-state index < -0.39 is 18.1 Å². The van der Waals surface area contributed by atoms with Crippen molar-refractivity contribution < 1.29 is 42.4 Å². The Morgan fingerprint density at radius 1 is 1.19 bits per heavy atom. The number of ether oxygens (including phenoxy) is 2. The van der Waals surface area contributed by atoms with Gasteiger partial charge in [-0.1, -0.05) is 11.6 Å². The quantitative estimate of drug-likeness (QED) is 0.624. The van der Waals surface area contributed by atoms with Gasteiger partial charge in [0.2, 0.25) is 0 Å². The van der Waals surface area contributed by atoms with Crippen LogP contribution in [0.5, 0.6) is 5.75 Å². The molecule has 2 heterocycles. The lowest BCUT2D eigenvalue weighted by Crippen LogP contribution is -2.43. The number of carboxylic acid groups (broad SMARTS) is 2. The lowest BCUT2D eigenvalue weighted by atomic mass is 9.88. The van der Waals surface area contributed by atoms with E-state index in [0.29, 0.717) is 29.4 Å². The summed E-state index contributed by atoms with van der Waals surface area (Å²) < 4.78 is 43.5. The van der Waals surface area contributed by atoms with Crippen molar-refractivity contribution in [3.63, 3.8) is 0 Å². The van der Waals surface area contributed by atoms with Crippen molar-refractivity contribution in [2.45, 2.75) is 44.4 Å². The number of likely N-dealkylation sites (tertiary alicyclic amines) is 1. The zero-order valence-corrected chi connectivity index (χ0v) is 18.2. The van der Waals surface area contributed by atoms with E-state index >= 15 is 0 Å². The normalized spacial score (nSPS) is 21.9. The first-order chi connectivity index (χ1) is 15.1. The molecular weight excluding hydrogens is 455 g/mol. The van der Waals surface area contributed by atoms with Crippen molar-refractivity contribution >= 4 is 23.5 Å². The van der Waals surface area contributed by atoms with Gasteiger partial charge < -0.3 is 19.7 Å². The summed E-state index contributed by atoms with van der Waals surface area (Å²) in [7, 11) is 0. The number of nitrogens with zero attached hydrogens (tertiary/aromatic N) is 1. The molecule has 2 aliphatic rings. The topological polar surface area (TPSA) is 96.3 Å². The lowest BCUT2D eigenvalue weighted by molar-refractivity contribution is -0.192. The fraction of sp³-hybridized carbons (Fsp3) is 0.619. The molecule has 1 aromatic carbocycles. The summed E-state index contributed by atoms with van der Waals surface area (Å²) in [5, 5.41) is 16.4. The van der Waals surface area contributed by atoms with Gasteiger partial charge in [0.1, 0.15) is 12.4 Å². The molecule has 32 heavy (non-hydrogen) atoms. The molecule has 2 atom stereocenters. The molecule has 2 saturated heterocycles. The third kappa shape index (κ3) is 8.48. The molecule has 2 unspecified atom stereocenters. The van der Waals surface area contributed by atoms with Crippen LogP contribution >= 0.6 is 11.6 Å². The minimum Gasteiger partial charge on any atom is -0.491 e. The number of rotatable bonds is 6. The molecule has 0 aromatic heterocycles. The maximum atomic E-state index is 10.9. The summed E-state index contributed by atoms with van der Waals surface area (Å²) in [5.41, 5.74) is 0.170. The summed E-state index contributed by atoms with van der Waals surface area (Å²) in [6.07, 6.45) is 1.48. The molecule has 180 valence electrons. The number of benzene rings is 1. The molecule has 11 heteroatoms. The van der Waals surface area contributed by atoms with E-state index in [9.17, 15) is 18.0 Å². The maximum Gasteiger partial charge on any atom is 0.490 e. The number of hydrogen-bond acceptors (Lipinski definition) is 5. The van der Waals surface area contributed by atoms with E-state index in [0.717, 1.165) is 26.2 Å². The average molecular weight is 482 g/mol. The van der Waals surface area contributed by atoms with Gasteiger partial charge in [-0.05, 0) is 62.8 Å². The summed E-state index contributed by atoms with van der Waals surface area (Å²) in [4.78, 5) is 22.3. The van der Waals surface area contributed by atoms with Crippen LogP contribution in [0.2, 0.25) is 5.02 Å². The highest BCUT2D eigenvalue weighted by Gasteiger charge is 2.38. The Morgan fingerprint density at radius 2 is 1.91 bits per heavy atom. The van der Waals surface area contributed by atoms with Crippen LogP contribution in [-0.2, 0) is 9.53 Å². The van der Waals surface area contributed by atoms with Crippen molar-refractivity contribution in [1.82, 2.24) is 4.90 Å². The van der Waals surface area contributed by atoms with Crippen LogP contribution in [0.4, 0.5) is 13.2 Å². The van der Waals surface area contributed by atoms with Gasteiger partial charge in [-0.15, -0.1) is 0 Å². The predicted molar refractivity (Wildman–Crippen MR) is 110 cm³/mol. The van der Waals surface area contributed by atoms with Gasteiger partial charge in [0.15, 0.2) is 0 Å². The third-order valence-electron chi connectivity index (χ3n) is 5.37. The number of aromatic carboxylic acids is 1. The average Bonchev–Trinajstić information content (AvgIpc) is 2.75. The number of hydrogen-bond donors (Lipinski definition) is 2. The van der Waals surface area contributed by atoms with Crippen LogP contribution in [0.3, 0.4) is 0 Å². The fourth-order valence-electron chi connectivity index (χ4n) is 3.77. The lowest BCUT2D eigenvalue weighted by Gasteiger charge is -2.38. The van der Waals surface area contributed by atoms with Crippen molar-refractivity contribution in [2.24, 2.45) is 5.92 Å². The largest absolute Gasteiger partial charge is 0.491 e. The number of carboxylic acids is 2. The molecule has 2 fully saturated rings. The fourth-order valence-corrected chi connectivity index (χ4v) is 4.01.